The van der Waals surface area contributed by atoms with Crippen LogP contribution in [0, 0.1) is 5.92 Å². The Balaban J connectivity index is 0.00000182. The molecular formula is C21H31ClN2O. The molecule has 0 spiro atoms. The van der Waals surface area contributed by atoms with E-state index in [1.807, 2.05) is 0 Å². The summed E-state index contributed by atoms with van der Waals surface area (Å²) in [5.41, 5.74) is 2.33. The molecule has 1 aromatic rings. The third-order valence-electron chi connectivity index (χ3n) is 6.38. The molecule has 3 aliphatic rings. The van der Waals surface area contributed by atoms with Crippen LogP contribution in [-0.4, -0.2) is 36.5 Å². The Kier molecular flexibility index (Phi) is 5.75. The predicted molar refractivity (Wildman–Crippen MR) is 104 cm³/mol. The topological polar surface area (TPSA) is 32.3 Å². The lowest BCUT2D eigenvalue weighted by molar-refractivity contribution is -0.138. The highest BCUT2D eigenvalue weighted by Gasteiger charge is 2.42. The van der Waals surface area contributed by atoms with E-state index in [1.165, 1.54) is 30.5 Å². The molecule has 0 radical (unpaired) electrons. The van der Waals surface area contributed by atoms with Crippen LogP contribution in [0.5, 0.6) is 0 Å². The van der Waals surface area contributed by atoms with Crippen molar-refractivity contribution in [3.63, 3.8) is 0 Å². The fraction of sp³-hybridized carbons (Fsp3) is 0.667. The third-order valence-corrected chi connectivity index (χ3v) is 6.38. The molecule has 2 fully saturated rings. The van der Waals surface area contributed by atoms with Crippen LogP contribution in [0.3, 0.4) is 0 Å². The number of likely N-dealkylation sites (tertiary alicyclic amines) is 1. The second-order valence-corrected chi connectivity index (χ2v) is 8.26. The first-order valence-electron chi connectivity index (χ1n) is 9.78. The summed E-state index contributed by atoms with van der Waals surface area (Å²) >= 11 is 0. The number of fused-ring (bicyclic) bond motifs is 1. The fourth-order valence-corrected chi connectivity index (χ4v) is 4.56. The zero-order chi connectivity index (χ0) is 16.6. The van der Waals surface area contributed by atoms with Gasteiger partial charge in [-0.25, -0.2) is 0 Å². The lowest BCUT2D eigenvalue weighted by Crippen LogP contribution is -2.52. The monoisotopic (exact) mass is 362 g/mol. The molecule has 1 amide bonds. The maximum absolute atomic E-state index is 13.3. The summed E-state index contributed by atoms with van der Waals surface area (Å²) in [5, 5.41) is 3.71. The first kappa shape index (κ1) is 18.7. The number of aryl methyl sites for hydroxylation is 1. The van der Waals surface area contributed by atoms with Gasteiger partial charge in [-0.2, -0.15) is 0 Å². The van der Waals surface area contributed by atoms with Gasteiger partial charge in [-0.15, -0.1) is 12.4 Å². The van der Waals surface area contributed by atoms with Crippen LogP contribution in [0.1, 0.15) is 56.6 Å². The zero-order valence-electron chi connectivity index (χ0n) is 15.3. The van der Waals surface area contributed by atoms with Crippen LogP contribution < -0.4 is 5.32 Å². The number of piperidine rings is 1. The van der Waals surface area contributed by atoms with Gasteiger partial charge in [0.25, 0.3) is 0 Å². The molecule has 1 unspecified atom stereocenters. The van der Waals surface area contributed by atoms with Crippen molar-refractivity contribution in [2.75, 3.05) is 19.6 Å². The number of nitrogens with zero attached hydrogens (tertiary/aromatic N) is 1. The van der Waals surface area contributed by atoms with Gasteiger partial charge in [0.1, 0.15) is 0 Å². The van der Waals surface area contributed by atoms with E-state index >= 15 is 0 Å². The molecule has 1 heterocycles. The van der Waals surface area contributed by atoms with Crippen molar-refractivity contribution < 1.29 is 4.79 Å². The van der Waals surface area contributed by atoms with E-state index in [4.69, 9.17) is 0 Å². The molecule has 1 N–H and O–H groups in total. The molecule has 25 heavy (non-hydrogen) atoms. The molecular weight excluding hydrogens is 332 g/mol. The second kappa shape index (κ2) is 7.67. The molecule has 1 atom stereocenters. The Morgan fingerprint density at radius 3 is 2.64 bits per heavy atom. The first-order chi connectivity index (χ1) is 11.7. The largest absolute Gasteiger partial charge is 0.342 e. The number of benzene rings is 1. The van der Waals surface area contributed by atoms with Crippen LogP contribution >= 0.6 is 12.4 Å². The molecule has 4 heteroatoms. The average molecular weight is 363 g/mol. The molecule has 1 saturated heterocycles. The van der Waals surface area contributed by atoms with Crippen LogP contribution in [-0.2, 0) is 16.6 Å². The molecule has 3 nitrogen and oxygen atoms in total. The zero-order valence-corrected chi connectivity index (χ0v) is 16.1. The number of halogens is 1. The van der Waals surface area contributed by atoms with Crippen molar-refractivity contribution in [1.29, 1.82) is 0 Å². The molecule has 4 rings (SSSR count). The van der Waals surface area contributed by atoms with E-state index in [9.17, 15) is 4.79 Å². The Morgan fingerprint density at radius 2 is 1.92 bits per heavy atom. The van der Waals surface area contributed by atoms with E-state index in [-0.39, 0.29) is 17.8 Å². The predicted octanol–water partition coefficient (Wildman–Crippen LogP) is 3.69. The molecule has 0 aromatic heterocycles. The number of carbonyl (C=O) groups is 1. The van der Waals surface area contributed by atoms with Gasteiger partial charge in [-0.3, -0.25) is 4.79 Å². The Labute approximate surface area is 158 Å². The van der Waals surface area contributed by atoms with Crippen molar-refractivity contribution in [2.24, 2.45) is 5.92 Å². The maximum atomic E-state index is 13.3. The second-order valence-electron chi connectivity index (χ2n) is 8.26. The van der Waals surface area contributed by atoms with E-state index in [0.717, 1.165) is 51.1 Å². The van der Waals surface area contributed by atoms with Gasteiger partial charge >= 0.3 is 0 Å². The van der Waals surface area contributed by atoms with E-state index in [2.05, 4.69) is 41.4 Å². The third kappa shape index (κ3) is 3.88. The Bertz CT molecular complexity index is 608. The first-order valence-corrected chi connectivity index (χ1v) is 9.78. The quantitative estimate of drug-likeness (QED) is 0.885. The Hall–Kier alpha value is -1.06. The lowest BCUT2D eigenvalue weighted by atomic mass is 9.70. The van der Waals surface area contributed by atoms with E-state index in [0.29, 0.717) is 11.9 Å². The standard InChI is InChI=1S/C21H30N2O.ClH/c1-21(12-4-6-17-5-2-3-7-19(17)21)20(24)23-13-10-18(11-14-23)22-15-16-8-9-16;/h2-3,5,7,16,18,22H,4,6,8-15H2,1H3;1H. The van der Waals surface area contributed by atoms with Gasteiger partial charge in [0, 0.05) is 19.1 Å². The Morgan fingerprint density at radius 1 is 1.20 bits per heavy atom. The van der Waals surface area contributed by atoms with Gasteiger partial charge in [0.2, 0.25) is 5.91 Å². The lowest BCUT2D eigenvalue weighted by Gasteiger charge is -2.41. The molecule has 1 saturated carbocycles. The highest BCUT2D eigenvalue weighted by molar-refractivity contribution is 5.88. The molecule has 138 valence electrons. The minimum atomic E-state index is -0.316. The van der Waals surface area contributed by atoms with Gasteiger partial charge in [0.05, 0.1) is 5.41 Å². The van der Waals surface area contributed by atoms with Crippen LogP contribution in [0.4, 0.5) is 0 Å². The molecule has 2 aliphatic carbocycles. The van der Waals surface area contributed by atoms with E-state index < -0.39 is 0 Å². The minimum Gasteiger partial charge on any atom is -0.342 e. The summed E-state index contributed by atoms with van der Waals surface area (Å²) in [4.78, 5) is 15.5. The summed E-state index contributed by atoms with van der Waals surface area (Å²) in [6.07, 6.45) is 8.25. The van der Waals surface area contributed by atoms with Crippen molar-refractivity contribution in [1.82, 2.24) is 10.2 Å². The van der Waals surface area contributed by atoms with Crippen molar-refractivity contribution in [2.45, 2.75) is 63.3 Å². The number of carbonyl (C=O) groups excluding carboxylic acids is 1. The minimum absolute atomic E-state index is 0. The van der Waals surface area contributed by atoms with E-state index in [1.54, 1.807) is 0 Å². The van der Waals surface area contributed by atoms with Crippen LogP contribution in [0.15, 0.2) is 24.3 Å². The van der Waals surface area contributed by atoms with Gasteiger partial charge in [-0.05, 0) is 75.5 Å². The number of hydrogen-bond donors (Lipinski definition) is 1. The summed E-state index contributed by atoms with van der Waals surface area (Å²) < 4.78 is 0. The average Bonchev–Trinajstić information content (AvgIpc) is 3.45. The SMILES string of the molecule is CC1(C(=O)N2CCC(NCC3CC3)CC2)CCCc2ccccc21.Cl. The number of amides is 1. The number of hydrogen-bond acceptors (Lipinski definition) is 2. The smallest absolute Gasteiger partial charge is 0.232 e. The molecule has 0 bridgehead atoms. The summed E-state index contributed by atoms with van der Waals surface area (Å²) in [5.74, 6) is 1.29. The maximum Gasteiger partial charge on any atom is 0.232 e. The van der Waals surface area contributed by atoms with Crippen molar-refractivity contribution in [3.05, 3.63) is 35.4 Å². The fourth-order valence-electron chi connectivity index (χ4n) is 4.56. The van der Waals surface area contributed by atoms with Gasteiger partial charge in [-0.1, -0.05) is 24.3 Å². The number of nitrogens with one attached hydrogen (secondary N) is 1. The van der Waals surface area contributed by atoms with Crippen LogP contribution in [0.2, 0.25) is 0 Å². The molecule has 1 aliphatic heterocycles. The highest BCUT2D eigenvalue weighted by Crippen LogP contribution is 2.39. The normalized spacial score (nSPS) is 26.7. The van der Waals surface area contributed by atoms with Crippen LogP contribution in [0.25, 0.3) is 0 Å². The summed E-state index contributed by atoms with van der Waals surface area (Å²) in [7, 11) is 0. The number of rotatable bonds is 4. The van der Waals surface area contributed by atoms with Crippen molar-refractivity contribution >= 4 is 18.3 Å². The molecule has 1 aromatic carbocycles. The summed E-state index contributed by atoms with van der Waals surface area (Å²) in [6.45, 7) is 5.19. The highest BCUT2D eigenvalue weighted by atomic mass is 35.5. The summed E-state index contributed by atoms with van der Waals surface area (Å²) in [6, 6.07) is 9.18. The van der Waals surface area contributed by atoms with Crippen molar-refractivity contribution in [3.8, 4) is 0 Å². The van der Waals surface area contributed by atoms with Gasteiger partial charge < -0.3 is 10.2 Å². The van der Waals surface area contributed by atoms with Gasteiger partial charge in [0.15, 0.2) is 0 Å².